The molecule has 20 heavy (non-hydrogen) atoms. The molecule has 0 saturated carbocycles. The van der Waals surface area contributed by atoms with Gasteiger partial charge >= 0.3 is 6.36 Å². The summed E-state index contributed by atoms with van der Waals surface area (Å²) in [5.74, 6) is -0.283. The van der Waals surface area contributed by atoms with Gasteiger partial charge in [0.2, 0.25) is 0 Å². The van der Waals surface area contributed by atoms with Gasteiger partial charge in [-0.1, -0.05) is 15.9 Å². The number of thiophene rings is 1. The van der Waals surface area contributed by atoms with Gasteiger partial charge in [-0.25, -0.2) is 0 Å². The molecule has 1 aromatic heterocycles. The highest BCUT2D eigenvalue weighted by Gasteiger charge is 2.33. The molecule has 2 nitrogen and oxygen atoms in total. The molecule has 2 N–H and O–H groups in total. The molecule has 0 radical (unpaired) electrons. The lowest BCUT2D eigenvalue weighted by atomic mass is 10.0. The van der Waals surface area contributed by atoms with E-state index in [1.807, 2.05) is 5.38 Å². The van der Waals surface area contributed by atoms with Gasteiger partial charge < -0.3 is 10.5 Å². The highest BCUT2D eigenvalue weighted by Crippen LogP contribution is 2.34. The van der Waals surface area contributed by atoms with Gasteiger partial charge in [0.05, 0.1) is 6.04 Å². The normalized spacial score (nSPS) is 12.7. The second kappa shape index (κ2) is 6.80. The first-order valence-corrected chi connectivity index (χ1v) is 6.93. The van der Waals surface area contributed by atoms with Crippen LogP contribution in [0, 0.1) is 0 Å². The number of nitrogens with two attached hydrogens (primary N) is 1. The summed E-state index contributed by atoms with van der Waals surface area (Å²) in [7, 11) is 0. The van der Waals surface area contributed by atoms with E-state index in [1.54, 1.807) is 11.4 Å². The van der Waals surface area contributed by atoms with Gasteiger partial charge in [-0.05, 0) is 40.6 Å². The monoisotopic (exact) mass is 387 g/mol. The highest BCUT2D eigenvalue weighted by molar-refractivity contribution is 9.10. The van der Waals surface area contributed by atoms with Crippen LogP contribution in [0.1, 0.15) is 17.2 Å². The van der Waals surface area contributed by atoms with Crippen molar-refractivity contribution >= 4 is 39.7 Å². The minimum absolute atomic E-state index is 0. The number of alkyl halides is 3. The van der Waals surface area contributed by atoms with Crippen molar-refractivity contribution in [2.45, 2.75) is 12.4 Å². The highest BCUT2D eigenvalue weighted by atomic mass is 79.9. The summed E-state index contributed by atoms with van der Waals surface area (Å²) in [6, 6.07) is 5.36. The van der Waals surface area contributed by atoms with Gasteiger partial charge in [-0.2, -0.15) is 11.3 Å². The van der Waals surface area contributed by atoms with Gasteiger partial charge in [0.25, 0.3) is 0 Å². The van der Waals surface area contributed by atoms with Crippen molar-refractivity contribution in [3.63, 3.8) is 0 Å². The Labute approximate surface area is 132 Å². The van der Waals surface area contributed by atoms with Crippen LogP contribution in [0.15, 0.2) is 39.5 Å². The maximum Gasteiger partial charge on any atom is 0.573 e. The fourth-order valence-corrected chi connectivity index (χ4v) is 2.69. The van der Waals surface area contributed by atoms with E-state index >= 15 is 0 Å². The minimum Gasteiger partial charge on any atom is -0.405 e. The van der Waals surface area contributed by atoms with E-state index in [0.29, 0.717) is 4.47 Å². The van der Waals surface area contributed by atoms with E-state index in [-0.39, 0.29) is 23.7 Å². The third-order valence-corrected chi connectivity index (χ3v) is 3.63. The molecule has 1 atom stereocenters. The Morgan fingerprint density at radius 1 is 1.25 bits per heavy atom. The van der Waals surface area contributed by atoms with E-state index < -0.39 is 12.4 Å². The lowest BCUT2D eigenvalue weighted by Crippen LogP contribution is -2.20. The standard InChI is InChI=1S/C12H9BrF3NOS.ClH/c13-8-1-2-10(18-12(14,15)16)9(5-8)11(17)7-3-4-19-6-7;/h1-6,11H,17H2;1H/t11-;/m0./s1. The Balaban J connectivity index is 0.00000200. The quantitative estimate of drug-likeness (QED) is 0.813. The molecule has 8 heteroatoms. The molecule has 0 spiro atoms. The summed E-state index contributed by atoms with van der Waals surface area (Å²) in [6.07, 6.45) is -4.74. The van der Waals surface area contributed by atoms with Crippen LogP contribution in [-0.4, -0.2) is 6.36 Å². The van der Waals surface area contributed by atoms with E-state index in [2.05, 4.69) is 20.7 Å². The molecule has 0 amide bonds. The maximum absolute atomic E-state index is 12.4. The SMILES string of the molecule is Cl.N[C@@H](c1ccsc1)c1cc(Br)ccc1OC(F)(F)F. The number of halogens is 5. The predicted molar refractivity (Wildman–Crippen MR) is 78.4 cm³/mol. The number of rotatable bonds is 3. The number of ether oxygens (including phenoxy) is 1. The van der Waals surface area contributed by atoms with Crippen LogP contribution in [0.25, 0.3) is 0 Å². The van der Waals surface area contributed by atoms with Gasteiger partial charge in [0.1, 0.15) is 5.75 Å². The summed E-state index contributed by atoms with van der Waals surface area (Å²) >= 11 is 4.65. The summed E-state index contributed by atoms with van der Waals surface area (Å²) in [4.78, 5) is 0. The Kier molecular flexibility index (Phi) is 5.88. The van der Waals surface area contributed by atoms with Gasteiger partial charge in [-0.15, -0.1) is 25.6 Å². The average molecular weight is 389 g/mol. The largest absolute Gasteiger partial charge is 0.573 e. The minimum atomic E-state index is -4.74. The Bertz CT molecular complexity index is 562. The number of hydrogen-bond donors (Lipinski definition) is 1. The molecule has 0 unspecified atom stereocenters. The van der Waals surface area contributed by atoms with E-state index in [0.717, 1.165) is 5.56 Å². The first kappa shape index (κ1) is 17.3. The maximum atomic E-state index is 12.4. The average Bonchev–Trinajstić information content (AvgIpc) is 2.82. The smallest absolute Gasteiger partial charge is 0.405 e. The number of hydrogen-bond acceptors (Lipinski definition) is 3. The Hall–Kier alpha value is -0.760. The third kappa shape index (κ3) is 4.37. The molecule has 1 aromatic carbocycles. The van der Waals surface area contributed by atoms with Crippen molar-refractivity contribution in [3.05, 3.63) is 50.6 Å². The first-order chi connectivity index (χ1) is 8.87. The first-order valence-electron chi connectivity index (χ1n) is 5.19. The van der Waals surface area contributed by atoms with Crippen molar-refractivity contribution in [3.8, 4) is 5.75 Å². The third-order valence-electron chi connectivity index (χ3n) is 2.43. The van der Waals surface area contributed by atoms with Crippen LogP contribution in [0.4, 0.5) is 13.2 Å². The molecular weight excluding hydrogens is 379 g/mol. The van der Waals surface area contributed by atoms with Crippen molar-refractivity contribution < 1.29 is 17.9 Å². The van der Waals surface area contributed by atoms with Crippen LogP contribution in [0.2, 0.25) is 0 Å². The second-order valence-electron chi connectivity index (χ2n) is 3.76. The van der Waals surface area contributed by atoms with Crippen LogP contribution in [0.3, 0.4) is 0 Å². The molecule has 0 aliphatic carbocycles. The molecule has 0 saturated heterocycles. The van der Waals surface area contributed by atoms with Crippen LogP contribution in [0.5, 0.6) is 5.75 Å². The van der Waals surface area contributed by atoms with Crippen molar-refractivity contribution in [2.75, 3.05) is 0 Å². The predicted octanol–water partition coefficient (Wildman–Crippen LogP) is 4.88. The summed E-state index contributed by atoms with van der Waals surface area (Å²) in [6.45, 7) is 0. The zero-order valence-electron chi connectivity index (χ0n) is 9.86. The van der Waals surface area contributed by atoms with Crippen molar-refractivity contribution in [2.24, 2.45) is 5.73 Å². The molecule has 0 fully saturated rings. The lowest BCUT2D eigenvalue weighted by Gasteiger charge is -2.17. The van der Waals surface area contributed by atoms with Gasteiger partial charge in [0.15, 0.2) is 0 Å². The molecular formula is C12H10BrClF3NOS. The molecule has 0 aliphatic heterocycles. The van der Waals surface area contributed by atoms with Gasteiger partial charge in [-0.3, -0.25) is 0 Å². The molecule has 0 bridgehead atoms. The van der Waals surface area contributed by atoms with E-state index in [9.17, 15) is 13.2 Å². The topological polar surface area (TPSA) is 35.2 Å². The zero-order chi connectivity index (χ0) is 14.0. The fraction of sp³-hybridized carbons (Fsp3) is 0.167. The molecule has 1 heterocycles. The molecule has 0 aliphatic rings. The fourth-order valence-electron chi connectivity index (χ4n) is 1.61. The van der Waals surface area contributed by atoms with Crippen molar-refractivity contribution in [1.82, 2.24) is 0 Å². The van der Waals surface area contributed by atoms with E-state index in [4.69, 9.17) is 5.73 Å². The molecule has 2 aromatic rings. The molecule has 2 rings (SSSR count). The molecule has 110 valence electrons. The van der Waals surface area contributed by atoms with E-state index in [1.165, 1.54) is 29.5 Å². The summed E-state index contributed by atoms with van der Waals surface area (Å²) in [5.41, 5.74) is 7.02. The van der Waals surface area contributed by atoms with Crippen LogP contribution in [-0.2, 0) is 0 Å². The zero-order valence-corrected chi connectivity index (χ0v) is 13.1. The Morgan fingerprint density at radius 3 is 2.50 bits per heavy atom. The van der Waals surface area contributed by atoms with Crippen LogP contribution >= 0.6 is 39.7 Å². The number of benzene rings is 1. The second-order valence-corrected chi connectivity index (χ2v) is 5.46. The summed E-state index contributed by atoms with van der Waals surface area (Å²) in [5, 5.41) is 3.61. The van der Waals surface area contributed by atoms with Crippen molar-refractivity contribution in [1.29, 1.82) is 0 Å². The Morgan fingerprint density at radius 2 is 1.95 bits per heavy atom. The van der Waals surface area contributed by atoms with Gasteiger partial charge in [0, 0.05) is 10.0 Å². The van der Waals surface area contributed by atoms with Crippen LogP contribution < -0.4 is 10.5 Å². The summed E-state index contributed by atoms with van der Waals surface area (Å²) < 4.78 is 41.7. The lowest BCUT2D eigenvalue weighted by molar-refractivity contribution is -0.274.